The Morgan fingerprint density at radius 3 is 2.66 bits per heavy atom. The molecule has 0 bridgehead atoms. The Labute approximate surface area is 202 Å². The van der Waals surface area contributed by atoms with E-state index in [-0.39, 0.29) is 29.5 Å². The van der Waals surface area contributed by atoms with Crippen molar-refractivity contribution in [2.45, 2.75) is 19.4 Å². The lowest BCUT2D eigenvalue weighted by molar-refractivity contribution is -0.120. The van der Waals surface area contributed by atoms with E-state index in [4.69, 9.17) is 4.98 Å². The van der Waals surface area contributed by atoms with Gasteiger partial charge in [-0.3, -0.25) is 14.2 Å². The van der Waals surface area contributed by atoms with Gasteiger partial charge < -0.3 is 10.2 Å². The van der Waals surface area contributed by atoms with E-state index in [1.54, 1.807) is 28.1 Å². The molecule has 2 aromatic heterocycles. The molecule has 1 N–H and O–H groups in total. The average molecular weight is 499 g/mol. The molecule has 4 aromatic rings. The highest BCUT2D eigenvalue weighted by Crippen LogP contribution is 2.26. The van der Waals surface area contributed by atoms with Crippen LogP contribution < -0.4 is 15.8 Å². The lowest BCUT2D eigenvalue weighted by Crippen LogP contribution is -2.43. The Hall–Kier alpha value is -3.66. The number of aromatic nitrogens is 2. The molecule has 0 radical (unpaired) electrons. The van der Waals surface area contributed by atoms with Gasteiger partial charge in [-0.15, -0.1) is 11.3 Å². The summed E-state index contributed by atoms with van der Waals surface area (Å²) in [6.45, 7) is 1.11. The maximum Gasteiger partial charge on any atom is 0.273 e. The molecule has 6 nitrogen and oxygen atoms in total. The van der Waals surface area contributed by atoms with Crippen LogP contribution in [0.1, 0.15) is 18.4 Å². The van der Waals surface area contributed by atoms with E-state index in [1.807, 2.05) is 4.90 Å². The number of rotatable bonds is 5. The first kappa shape index (κ1) is 23.1. The van der Waals surface area contributed by atoms with E-state index in [2.05, 4.69) is 5.32 Å². The van der Waals surface area contributed by atoms with Gasteiger partial charge in [-0.2, -0.15) is 0 Å². The van der Waals surface area contributed by atoms with Crippen LogP contribution in [0.15, 0.2) is 58.7 Å². The van der Waals surface area contributed by atoms with Crippen LogP contribution in [0, 0.1) is 23.4 Å². The molecule has 1 saturated heterocycles. The third-order valence-corrected chi connectivity index (χ3v) is 6.95. The second kappa shape index (κ2) is 9.53. The van der Waals surface area contributed by atoms with Gasteiger partial charge in [-0.05, 0) is 54.1 Å². The normalized spacial score (nSPS) is 16.0. The second-order valence-electron chi connectivity index (χ2n) is 8.47. The highest BCUT2D eigenvalue weighted by atomic mass is 32.1. The number of carbonyl (C=O) groups excluding carboxylic acids is 1. The number of hydrogen-bond donors (Lipinski definition) is 1. The van der Waals surface area contributed by atoms with Gasteiger partial charge in [-0.25, -0.2) is 18.2 Å². The van der Waals surface area contributed by atoms with Crippen molar-refractivity contribution in [3.63, 3.8) is 0 Å². The van der Waals surface area contributed by atoms with Gasteiger partial charge in [0.15, 0.2) is 11.6 Å². The van der Waals surface area contributed by atoms with Crippen molar-refractivity contribution < 1.29 is 18.0 Å². The number of halogens is 3. The van der Waals surface area contributed by atoms with Gasteiger partial charge in [0.05, 0.1) is 18.0 Å². The van der Waals surface area contributed by atoms with Crippen LogP contribution in [0.4, 0.5) is 24.8 Å². The lowest BCUT2D eigenvalue weighted by atomic mass is 9.97. The predicted molar refractivity (Wildman–Crippen MR) is 129 cm³/mol. The molecule has 1 atom stereocenters. The van der Waals surface area contributed by atoms with Crippen molar-refractivity contribution >= 4 is 39.1 Å². The van der Waals surface area contributed by atoms with Gasteiger partial charge in [0.25, 0.3) is 5.56 Å². The number of hydrogen-bond acceptors (Lipinski definition) is 5. The molecule has 3 heterocycles. The van der Waals surface area contributed by atoms with E-state index in [9.17, 15) is 22.8 Å². The number of amides is 1. The summed E-state index contributed by atoms with van der Waals surface area (Å²) < 4.78 is 42.2. The van der Waals surface area contributed by atoms with Crippen LogP contribution in [0.25, 0.3) is 10.2 Å². The van der Waals surface area contributed by atoms with Gasteiger partial charge >= 0.3 is 0 Å². The molecule has 1 aliphatic rings. The van der Waals surface area contributed by atoms with Gasteiger partial charge in [0.2, 0.25) is 11.9 Å². The standard InChI is InChI=1S/C25H21F3N4O2S/c26-17-5-3-15(4-6-17)13-32-24(34)22-21(9-11-35-22)30-25(32)31-10-1-2-16(14-31)23(33)29-18-7-8-19(27)20(28)12-18/h3-9,11-12,16H,1-2,10,13-14H2,(H,29,33). The smallest absolute Gasteiger partial charge is 0.273 e. The first-order valence-corrected chi connectivity index (χ1v) is 12.0. The summed E-state index contributed by atoms with van der Waals surface area (Å²) in [5.41, 5.74) is 1.31. The first-order chi connectivity index (χ1) is 16.9. The highest BCUT2D eigenvalue weighted by molar-refractivity contribution is 7.17. The molecule has 1 fully saturated rings. The lowest BCUT2D eigenvalue weighted by Gasteiger charge is -2.34. The van der Waals surface area contributed by atoms with Crippen molar-refractivity contribution in [1.29, 1.82) is 0 Å². The van der Waals surface area contributed by atoms with Crippen molar-refractivity contribution in [2.75, 3.05) is 23.3 Å². The number of nitrogens with zero attached hydrogens (tertiary/aromatic N) is 3. The molecule has 5 rings (SSSR count). The van der Waals surface area contributed by atoms with E-state index in [1.165, 1.54) is 29.5 Å². The van der Waals surface area contributed by atoms with E-state index in [0.717, 1.165) is 17.7 Å². The Morgan fingerprint density at radius 2 is 1.89 bits per heavy atom. The number of carbonyl (C=O) groups is 1. The molecule has 1 amide bonds. The molecule has 0 saturated carbocycles. The summed E-state index contributed by atoms with van der Waals surface area (Å²) >= 11 is 1.31. The molecule has 0 aliphatic carbocycles. The Morgan fingerprint density at radius 1 is 1.09 bits per heavy atom. The minimum absolute atomic E-state index is 0.178. The molecule has 10 heteroatoms. The third kappa shape index (κ3) is 4.79. The van der Waals surface area contributed by atoms with Crippen LogP contribution in [-0.2, 0) is 11.3 Å². The fourth-order valence-corrected chi connectivity index (χ4v) is 5.06. The molecular weight excluding hydrogens is 477 g/mol. The Kier molecular flexibility index (Phi) is 6.29. The summed E-state index contributed by atoms with van der Waals surface area (Å²) in [7, 11) is 0. The molecular formula is C25H21F3N4O2S. The fourth-order valence-electron chi connectivity index (χ4n) is 4.28. The zero-order chi connectivity index (χ0) is 24.5. The molecule has 180 valence electrons. The third-order valence-electron chi connectivity index (χ3n) is 6.06. The van der Waals surface area contributed by atoms with E-state index in [0.29, 0.717) is 42.1 Å². The van der Waals surface area contributed by atoms with Crippen molar-refractivity contribution in [3.05, 3.63) is 87.3 Å². The molecule has 2 aromatic carbocycles. The van der Waals surface area contributed by atoms with Crippen LogP contribution in [0.5, 0.6) is 0 Å². The summed E-state index contributed by atoms with van der Waals surface area (Å²) in [5.74, 6) is -2.70. The molecule has 1 aliphatic heterocycles. The van der Waals surface area contributed by atoms with E-state index < -0.39 is 17.6 Å². The number of piperidine rings is 1. The van der Waals surface area contributed by atoms with Crippen LogP contribution in [-0.4, -0.2) is 28.5 Å². The molecule has 35 heavy (non-hydrogen) atoms. The SMILES string of the molecule is O=C(Nc1ccc(F)c(F)c1)C1CCCN(c2nc3ccsc3c(=O)n2Cc2ccc(F)cc2)C1. The van der Waals surface area contributed by atoms with Crippen LogP contribution in [0.2, 0.25) is 0 Å². The van der Waals surface area contributed by atoms with Crippen molar-refractivity contribution in [3.8, 4) is 0 Å². The van der Waals surface area contributed by atoms with Gasteiger partial charge in [0, 0.05) is 24.8 Å². The van der Waals surface area contributed by atoms with Gasteiger partial charge in [-0.1, -0.05) is 12.1 Å². The summed E-state index contributed by atoms with van der Waals surface area (Å²) in [4.78, 5) is 32.9. The Bertz CT molecular complexity index is 1450. The second-order valence-corrected chi connectivity index (χ2v) is 9.38. The summed E-state index contributed by atoms with van der Waals surface area (Å²) in [5, 5.41) is 4.46. The van der Waals surface area contributed by atoms with Crippen molar-refractivity contribution in [2.24, 2.45) is 5.92 Å². The number of benzene rings is 2. The van der Waals surface area contributed by atoms with Crippen LogP contribution >= 0.6 is 11.3 Å². The quantitative estimate of drug-likeness (QED) is 0.430. The predicted octanol–water partition coefficient (Wildman–Crippen LogP) is 4.78. The monoisotopic (exact) mass is 498 g/mol. The maximum atomic E-state index is 13.5. The zero-order valence-corrected chi connectivity index (χ0v) is 19.3. The fraction of sp³-hybridized carbons (Fsp3) is 0.240. The highest BCUT2D eigenvalue weighted by Gasteiger charge is 2.29. The number of anilines is 2. The van der Waals surface area contributed by atoms with E-state index >= 15 is 0 Å². The largest absolute Gasteiger partial charge is 0.341 e. The minimum atomic E-state index is -1.04. The summed E-state index contributed by atoms with van der Waals surface area (Å²) in [6, 6.07) is 10.9. The topological polar surface area (TPSA) is 67.2 Å². The zero-order valence-electron chi connectivity index (χ0n) is 18.5. The number of thiophene rings is 1. The minimum Gasteiger partial charge on any atom is -0.341 e. The average Bonchev–Trinajstić information content (AvgIpc) is 3.33. The van der Waals surface area contributed by atoms with Crippen molar-refractivity contribution in [1.82, 2.24) is 9.55 Å². The maximum absolute atomic E-state index is 13.5. The number of nitrogens with one attached hydrogen (secondary N) is 1. The van der Waals surface area contributed by atoms with Gasteiger partial charge in [0.1, 0.15) is 10.5 Å². The molecule has 0 spiro atoms. The summed E-state index contributed by atoms with van der Waals surface area (Å²) in [6.07, 6.45) is 1.29. The first-order valence-electron chi connectivity index (χ1n) is 11.1. The molecule has 1 unspecified atom stereocenters. The van der Waals surface area contributed by atoms with Crippen LogP contribution in [0.3, 0.4) is 0 Å². The Balaban J connectivity index is 1.43. The number of fused-ring (bicyclic) bond motifs is 1.